The summed E-state index contributed by atoms with van der Waals surface area (Å²) in [4.78, 5) is 15.5. The molecule has 1 amide bonds. The molecule has 0 bridgehead atoms. The fraction of sp³-hybridized carbons (Fsp3) is 0.333. The lowest BCUT2D eigenvalue weighted by molar-refractivity contribution is -0.119. The number of nitrogens with one attached hydrogen (secondary N) is 2. The second-order valence-corrected chi connectivity index (χ2v) is 7.26. The van der Waals surface area contributed by atoms with Gasteiger partial charge in [0.2, 0.25) is 0 Å². The fourth-order valence-corrected chi connectivity index (χ4v) is 3.34. The Hall–Kier alpha value is -2.75. The Kier molecular flexibility index (Phi) is 10.9. The van der Waals surface area contributed by atoms with E-state index in [1.807, 2.05) is 24.3 Å². The van der Waals surface area contributed by atoms with Crippen molar-refractivity contribution >= 4 is 46.7 Å². The molecule has 3 aromatic rings. The molecule has 0 aliphatic heterocycles. The van der Waals surface area contributed by atoms with Crippen molar-refractivity contribution in [3.05, 3.63) is 66.4 Å². The molecule has 0 radical (unpaired) electrons. The van der Waals surface area contributed by atoms with E-state index in [9.17, 15) is 4.79 Å². The summed E-state index contributed by atoms with van der Waals surface area (Å²) in [7, 11) is 0. The van der Waals surface area contributed by atoms with Crippen LogP contribution in [0.4, 0.5) is 0 Å². The predicted molar refractivity (Wildman–Crippen MR) is 141 cm³/mol. The molecule has 0 saturated carbocycles. The highest BCUT2D eigenvalue weighted by molar-refractivity contribution is 14.0. The summed E-state index contributed by atoms with van der Waals surface area (Å²) >= 11 is 0. The number of para-hydroxylation sites is 1. The monoisotopic (exact) mass is 549 g/mol. The summed E-state index contributed by atoms with van der Waals surface area (Å²) in [5.74, 6) is 0.993. The van der Waals surface area contributed by atoms with Crippen molar-refractivity contribution in [2.24, 2.45) is 10.7 Å². The number of ether oxygens (including phenoxy) is 1. The highest BCUT2D eigenvalue weighted by Gasteiger charge is 2.02. The molecule has 0 aliphatic rings. The summed E-state index contributed by atoms with van der Waals surface area (Å²) in [6, 6.07) is 18.3. The van der Waals surface area contributed by atoms with Crippen molar-refractivity contribution in [3.63, 3.8) is 0 Å². The maximum atomic E-state index is 10.8. The number of aliphatic imine (C=N–C) groups is 1. The number of hydrogen-bond acceptors (Lipinski definition) is 3. The molecule has 3 rings (SSSR count). The Morgan fingerprint density at radius 2 is 1.88 bits per heavy atom. The van der Waals surface area contributed by atoms with Gasteiger partial charge in [0.25, 0.3) is 5.91 Å². The summed E-state index contributed by atoms with van der Waals surface area (Å²) in [6.45, 7) is 5.25. The minimum absolute atomic E-state index is 0. The van der Waals surface area contributed by atoms with Crippen molar-refractivity contribution in [1.82, 2.24) is 15.2 Å². The van der Waals surface area contributed by atoms with Crippen LogP contribution in [0.1, 0.15) is 18.9 Å². The van der Waals surface area contributed by atoms with Gasteiger partial charge in [-0.2, -0.15) is 0 Å². The van der Waals surface area contributed by atoms with Crippen molar-refractivity contribution in [3.8, 4) is 5.75 Å². The van der Waals surface area contributed by atoms with Crippen LogP contribution in [-0.4, -0.2) is 42.7 Å². The zero-order valence-electron chi connectivity index (χ0n) is 18.4. The summed E-state index contributed by atoms with van der Waals surface area (Å²) < 4.78 is 7.56. The van der Waals surface area contributed by atoms with Crippen LogP contribution < -0.4 is 21.1 Å². The third-order valence-corrected chi connectivity index (χ3v) is 4.86. The van der Waals surface area contributed by atoms with Crippen LogP contribution in [0.25, 0.3) is 10.9 Å². The number of rotatable bonds is 11. The lowest BCUT2D eigenvalue weighted by Gasteiger charge is -2.12. The molecule has 172 valence electrons. The number of aromatic nitrogens is 1. The molecule has 0 spiro atoms. The van der Waals surface area contributed by atoms with Gasteiger partial charge in [-0.1, -0.05) is 30.3 Å². The van der Waals surface area contributed by atoms with Gasteiger partial charge in [0.05, 0.1) is 0 Å². The highest BCUT2D eigenvalue weighted by atomic mass is 127. The van der Waals surface area contributed by atoms with Crippen LogP contribution in [-0.2, 0) is 17.8 Å². The number of nitrogens with zero attached hydrogens (tertiary/aromatic N) is 2. The number of nitrogens with two attached hydrogens (primary N) is 1. The Morgan fingerprint density at radius 1 is 1.09 bits per heavy atom. The number of guanidine groups is 1. The number of primary amides is 1. The van der Waals surface area contributed by atoms with Gasteiger partial charge in [-0.15, -0.1) is 24.0 Å². The van der Waals surface area contributed by atoms with Gasteiger partial charge in [-0.05, 0) is 55.0 Å². The first-order valence-electron chi connectivity index (χ1n) is 10.7. The van der Waals surface area contributed by atoms with Crippen LogP contribution in [0.5, 0.6) is 5.75 Å². The zero-order chi connectivity index (χ0) is 21.9. The topological polar surface area (TPSA) is 93.7 Å². The molecule has 8 heteroatoms. The van der Waals surface area contributed by atoms with E-state index < -0.39 is 5.91 Å². The molecule has 4 N–H and O–H groups in total. The van der Waals surface area contributed by atoms with Gasteiger partial charge >= 0.3 is 0 Å². The minimum atomic E-state index is -0.481. The third kappa shape index (κ3) is 8.07. The fourth-order valence-electron chi connectivity index (χ4n) is 3.34. The molecule has 1 aromatic heterocycles. The van der Waals surface area contributed by atoms with E-state index in [4.69, 9.17) is 15.5 Å². The van der Waals surface area contributed by atoms with E-state index in [2.05, 4.69) is 58.7 Å². The van der Waals surface area contributed by atoms with E-state index in [1.54, 1.807) is 0 Å². The van der Waals surface area contributed by atoms with Crippen molar-refractivity contribution < 1.29 is 9.53 Å². The number of aryl methyl sites for hydroxylation is 1. The molecule has 0 unspecified atom stereocenters. The van der Waals surface area contributed by atoms with E-state index in [-0.39, 0.29) is 30.6 Å². The molecule has 32 heavy (non-hydrogen) atoms. The van der Waals surface area contributed by atoms with Gasteiger partial charge in [-0.3, -0.25) is 9.79 Å². The van der Waals surface area contributed by atoms with Gasteiger partial charge in [0.1, 0.15) is 5.75 Å². The Bertz CT molecular complexity index is 1000. The molecule has 0 fully saturated rings. The Labute approximate surface area is 206 Å². The van der Waals surface area contributed by atoms with E-state index in [0.717, 1.165) is 45.0 Å². The number of carbonyl (C=O) groups is 1. The maximum Gasteiger partial charge on any atom is 0.255 e. The first-order chi connectivity index (χ1) is 15.2. The molecule has 0 saturated heterocycles. The standard InChI is InChI=1S/C24H31N5O2.HI/c1-2-26-24(27-14-5-16-29-17-13-20-6-3-4-7-22(20)29)28-15-12-19-8-10-21(11-9-19)31-18-23(25)30;/h3-4,6-11,13,17H,2,5,12,14-16,18H2,1H3,(H2,25,30)(H2,26,27,28);1H. The summed E-state index contributed by atoms with van der Waals surface area (Å²) in [5.41, 5.74) is 7.53. The molecule has 0 aliphatic carbocycles. The van der Waals surface area contributed by atoms with E-state index >= 15 is 0 Å². The number of hydrogen-bond donors (Lipinski definition) is 3. The van der Waals surface area contributed by atoms with Gasteiger partial charge in [0, 0.05) is 37.9 Å². The Morgan fingerprint density at radius 3 is 2.62 bits per heavy atom. The number of amides is 1. The van der Waals surface area contributed by atoms with Crippen LogP contribution in [0.15, 0.2) is 65.8 Å². The largest absolute Gasteiger partial charge is 0.484 e. The quantitative estimate of drug-likeness (QED) is 0.148. The summed E-state index contributed by atoms with van der Waals surface area (Å²) in [5, 5.41) is 7.96. The number of fused-ring (bicyclic) bond motifs is 1. The second-order valence-electron chi connectivity index (χ2n) is 7.26. The smallest absolute Gasteiger partial charge is 0.255 e. The van der Waals surface area contributed by atoms with Crippen molar-refractivity contribution in [1.29, 1.82) is 0 Å². The lowest BCUT2D eigenvalue weighted by atomic mass is 10.1. The maximum absolute atomic E-state index is 10.8. The first-order valence-corrected chi connectivity index (χ1v) is 10.7. The number of benzene rings is 2. The van der Waals surface area contributed by atoms with Crippen LogP contribution in [0.2, 0.25) is 0 Å². The number of halogens is 1. The van der Waals surface area contributed by atoms with Gasteiger partial charge < -0.3 is 25.7 Å². The lowest BCUT2D eigenvalue weighted by Crippen LogP contribution is -2.38. The third-order valence-electron chi connectivity index (χ3n) is 4.86. The first kappa shape index (κ1) is 25.5. The molecular formula is C24H32IN5O2. The minimum Gasteiger partial charge on any atom is -0.484 e. The van der Waals surface area contributed by atoms with Crippen LogP contribution in [0.3, 0.4) is 0 Å². The molecule has 2 aromatic carbocycles. The van der Waals surface area contributed by atoms with E-state index in [0.29, 0.717) is 5.75 Å². The summed E-state index contributed by atoms with van der Waals surface area (Å²) in [6.07, 6.45) is 3.97. The second kappa shape index (κ2) is 13.6. The van der Waals surface area contributed by atoms with Gasteiger partial charge in [0.15, 0.2) is 12.6 Å². The van der Waals surface area contributed by atoms with Crippen LogP contribution >= 0.6 is 24.0 Å². The predicted octanol–water partition coefficient (Wildman–Crippen LogP) is 3.31. The molecule has 7 nitrogen and oxygen atoms in total. The molecular weight excluding hydrogens is 517 g/mol. The normalized spacial score (nSPS) is 11.1. The average molecular weight is 549 g/mol. The zero-order valence-corrected chi connectivity index (χ0v) is 20.8. The molecule has 1 heterocycles. The SMILES string of the molecule is CCNC(=NCCCn1ccc2ccccc21)NCCc1ccc(OCC(N)=O)cc1.I. The van der Waals surface area contributed by atoms with Crippen LogP contribution in [0, 0.1) is 0 Å². The van der Waals surface area contributed by atoms with E-state index in [1.165, 1.54) is 16.5 Å². The Balaban J connectivity index is 0.00000363. The van der Waals surface area contributed by atoms with Crippen molar-refractivity contribution in [2.75, 3.05) is 26.2 Å². The van der Waals surface area contributed by atoms with Crippen molar-refractivity contribution in [2.45, 2.75) is 26.3 Å². The van der Waals surface area contributed by atoms with Gasteiger partial charge in [-0.25, -0.2) is 0 Å². The highest BCUT2D eigenvalue weighted by Crippen LogP contribution is 2.15. The average Bonchev–Trinajstić information content (AvgIpc) is 3.19. The molecule has 0 atom stereocenters. The number of carbonyl (C=O) groups excluding carboxylic acids is 1.